The van der Waals surface area contributed by atoms with Crippen LogP contribution in [0.15, 0.2) is 4.99 Å². The topological polar surface area (TPSA) is 12.4 Å². The molecule has 1 rings (SSSR count). The van der Waals surface area contributed by atoms with E-state index in [4.69, 9.17) is 11.6 Å². The molecule has 0 amide bonds. The average molecular weight is 222 g/mol. The van der Waals surface area contributed by atoms with Crippen LogP contribution in [-0.2, 0) is 6.42 Å². The lowest BCUT2D eigenvalue weighted by Crippen LogP contribution is -1.69. The summed E-state index contributed by atoms with van der Waals surface area (Å²) in [4.78, 5) is 4.33. The van der Waals surface area contributed by atoms with Crippen molar-refractivity contribution < 1.29 is 4.39 Å². The fourth-order valence-electron chi connectivity index (χ4n) is 0.786. The van der Waals surface area contributed by atoms with Gasteiger partial charge < -0.3 is 0 Å². The summed E-state index contributed by atoms with van der Waals surface area (Å²) in [6.07, 6.45) is 0.702. The Hall–Kier alpha value is -0.280. The maximum absolute atomic E-state index is 13.0. The van der Waals surface area contributed by atoms with Crippen LogP contribution in [-0.4, -0.2) is 5.16 Å². The van der Waals surface area contributed by atoms with Crippen molar-refractivity contribution in [1.29, 1.82) is 0 Å². The molecule has 5 heteroatoms. The van der Waals surface area contributed by atoms with Crippen LogP contribution in [0.5, 0.6) is 0 Å². The Morgan fingerprint density at radius 3 is 2.83 bits per heavy atom. The van der Waals surface area contributed by atoms with Crippen LogP contribution in [0.3, 0.4) is 0 Å². The summed E-state index contributed by atoms with van der Waals surface area (Å²) in [6, 6.07) is 0. The van der Waals surface area contributed by atoms with Crippen LogP contribution >= 0.6 is 35.2 Å². The number of isothiocyanates is 1. The van der Waals surface area contributed by atoms with Crippen molar-refractivity contribution in [3.05, 3.63) is 15.0 Å². The minimum absolute atomic E-state index is 0.119. The molecule has 0 radical (unpaired) electrons. The van der Waals surface area contributed by atoms with Crippen molar-refractivity contribution in [2.45, 2.75) is 13.3 Å². The Balaban J connectivity index is 3.27. The summed E-state index contributed by atoms with van der Waals surface area (Å²) in [5.74, 6) is 0. The molecule has 0 saturated carbocycles. The third kappa shape index (κ3) is 1.72. The summed E-state index contributed by atoms with van der Waals surface area (Å²) in [7, 11) is 0. The zero-order valence-corrected chi connectivity index (χ0v) is 8.62. The number of thiocarbonyl (C=S) groups is 1. The lowest BCUT2D eigenvalue weighted by molar-refractivity contribution is 0.659. The molecule has 0 N–H and O–H groups in total. The molecule has 0 spiro atoms. The highest BCUT2D eigenvalue weighted by molar-refractivity contribution is 7.78. The largest absolute Gasteiger partial charge is 0.204 e. The third-order valence-electron chi connectivity index (χ3n) is 1.33. The van der Waals surface area contributed by atoms with Gasteiger partial charge >= 0.3 is 0 Å². The van der Waals surface area contributed by atoms with Gasteiger partial charge in [-0.05, 0) is 18.6 Å². The summed E-state index contributed by atoms with van der Waals surface area (Å²) < 4.78 is 13.0. The summed E-state index contributed by atoms with van der Waals surface area (Å²) in [5, 5.41) is 2.06. The zero-order chi connectivity index (χ0) is 9.14. The molecular weight excluding hydrogens is 217 g/mol. The molecule has 0 fully saturated rings. The number of thiophene rings is 1. The van der Waals surface area contributed by atoms with Gasteiger partial charge in [0.25, 0.3) is 0 Å². The van der Waals surface area contributed by atoms with Crippen LogP contribution in [0.4, 0.5) is 10.1 Å². The molecular formula is C7H5ClFNS2. The first-order chi connectivity index (χ1) is 5.70. The Morgan fingerprint density at radius 2 is 2.42 bits per heavy atom. The second-order valence-electron chi connectivity index (χ2n) is 2.02. The van der Waals surface area contributed by atoms with Crippen molar-refractivity contribution >= 4 is 46.0 Å². The van der Waals surface area contributed by atoms with Gasteiger partial charge in [-0.3, -0.25) is 0 Å². The van der Waals surface area contributed by atoms with Crippen LogP contribution < -0.4 is 0 Å². The smallest absolute Gasteiger partial charge is 0.193 e. The van der Waals surface area contributed by atoms with Gasteiger partial charge in [0.1, 0.15) is 5.69 Å². The molecule has 1 aromatic heterocycles. The standard InChI is InChI=1S/C7H5ClFNS2/c1-2-4-5(8)6(10-3-11)7(9)12-4/h2H2,1H3. The Labute approximate surface area is 83.9 Å². The third-order valence-corrected chi connectivity index (χ3v) is 3.05. The molecule has 0 atom stereocenters. The first kappa shape index (κ1) is 9.81. The van der Waals surface area contributed by atoms with E-state index in [0.717, 1.165) is 16.2 Å². The van der Waals surface area contributed by atoms with Gasteiger partial charge in [0.15, 0.2) is 0 Å². The van der Waals surface area contributed by atoms with Gasteiger partial charge in [-0.2, -0.15) is 9.38 Å². The predicted molar refractivity (Wildman–Crippen MR) is 53.4 cm³/mol. The Morgan fingerprint density at radius 1 is 1.75 bits per heavy atom. The monoisotopic (exact) mass is 221 g/mol. The molecule has 0 aliphatic rings. The van der Waals surface area contributed by atoms with Gasteiger partial charge in [0.2, 0.25) is 5.13 Å². The van der Waals surface area contributed by atoms with E-state index >= 15 is 0 Å². The molecule has 0 saturated heterocycles. The Bertz CT molecular complexity index is 341. The quantitative estimate of drug-likeness (QED) is 0.546. The van der Waals surface area contributed by atoms with Crippen molar-refractivity contribution in [1.82, 2.24) is 0 Å². The van der Waals surface area contributed by atoms with Crippen LogP contribution in [0, 0.1) is 5.13 Å². The van der Waals surface area contributed by atoms with E-state index in [1.807, 2.05) is 6.92 Å². The van der Waals surface area contributed by atoms with Crippen LogP contribution in [0.25, 0.3) is 0 Å². The van der Waals surface area contributed by atoms with Crippen LogP contribution in [0.2, 0.25) is 5.02 Å². The van der Waals surface area contributed by atoms with E-state index in [2.05, 4.69) is 22.4 Å². The fourth-order valence-corrected chi connectivity index (χ4v) is 2.10. The van der Waals surface area contributed by atoms with E-state index < -0.39 is 5.13 Å². The normalized spacial score (nSPS) is 9.58. The summed E-state index contributed by atoms with van der Waals surface area (Å²) >= 11 is 11.2. The molecule has 12 heavy (non-hydrogen) atoms. The van der Waals surface area contributed by atoms with E-state index in [0.29, 0.717) is 11.4 Å². The highest BCUT2D eigenvalue weighted by atomic mass is 35.5. The molecule has 64 valence electrons. The van der Waals surface area contributed by atoms with Gasteiger partial charge in [0.05, 0.1) is 10.2 Å². The maximum atomic E-state index is 13.0. The number of rotatable bonds is 2. The van der Waals surface area contributed by atoms with Crippen molar-refractivity contribution in [2.24, 2.45) is 4.99 Å². The summed E-state index contributed by atoms with van der Waals surface area (Å²) in [6.45, 7) is 1.90. The van der Waals surface area contributed by atoms with Gasteiger partial charge in [-0.1, -0.05) is 18.5 Å². The van der Waals surface area contributed by atoms with Gasteiger partial charge in [-0.25, -0.2) is 0 Å². The molecule has 1 nitrogen and oxygen atoms in total. The number of nitrogens with zero attached hydrogens (tertiary/aromatic N) is 1. The zero-order valence-electron chi connectivity index (χ0n) is 6.23. The number of hydrogen-bond acceptors (Lipinski definition) is 3. The molecule has 1 heterocycles. The molecule has 0 aliphatic carbocycles. The molecule has 1 aromatic rings. The van der Waals surface area contributed by atoms with Crippen molar-refractivity contribution in [3.63, 3.8) is 0 Å². The fraction of sp³-hybridized carbons (Fsp3) is 0.286. The summed E-state index contributed by atoms with van der Waals surface area (Å²) in [5.41, 5.74) is 0.119. The second kappa shape index (κ2) is 4.10. The highest BCUT2D eigenvalue weighted by Crippen LogP contribution is 2.38. The minimum Gasteiger partial charge on any atom is -0.193 e. The molecule has 0 unspecified atom stereocenters. The van der Waals surface area contributed by atoms with Gasteiger partial charge in [-0.15, -0.1) is 11.3 Å². The van der Waals surface area contributed by atoms with Gasteiger partial charge in [0, 0.05) is 4.88 Å². The van der Waals surface area contributed by atoms with E-state index in [1.54, 1.807) is 0 Å². The molecule has 0 bridgehead atoms. The molecule has 0 aromatic carbocycles. The SMILES string of the molecule is CCc1sc(F)c(N=C=S)c1Cl. The number of halogens is 2. The van der Waals surface area contributed by atoms with Crippen molar-refractivity contribution in [3.8, 4) is 0 Å². The first-order valence-corrected chi connectivity index (χ1v) is 4.85. The predicted octanol–water partition coefficient (Wildman–Crippen LogP) is 3.84. The number of aliphatic imine (C=N–C) groups is 1. The number of hydrogen-bond donors (Lipinski definition) is 0. The maximum Gasteiger partial charge on any atom is 0.204 e. The van der Waals surface area contributed by atoms with E-state index in [9.17, 15) is 4.39 Å². The lowest BCUT2D eigenvalue weighted by atomic mass is 10.3. The first-order valence-electron chi connectivity index (χ1n) is 3.25. The van der Waals surface area contributed by atoms with Crippen LogP contribution in [0.1, 0.15) is 11.8 Å². The molecule has 0 aliphatic heterocycles. The van der Waals surface area contributed by atoms with E-state index in [-0.39, 0.29) is 5.69 Å². The average Bonchev–Trinajstić information content (AvgIpc) is 2.32. The number of aryl methyl sites for hydroxylation is 1. The van der Waals surface area contributed by atoms with E-state index in [1.165, 1.54) is 0 Å². The van der Waals surface area contributed by atoms with Crippen molar-refractivity contribution in [2.75, 3.05) is 0 Å². The Kier molecular flexibility index (Phi) is 3.35. The lowest BCUT2D eigenvalue weighted by Gasteiger charge is -1.88. The highest BCUT2D eigenvalue weighted by Gasteiger charge is 2.14. The minimum atomic E-state index is -0.394. The second-order valence-corrected chi connectivity index (χ2v) is 3.63.